The number of hydrogen-bond acceptors (Lipinski definition) is 1. The van der Waals surface area contributed by atoms with Crippen molar-refractivity contribution in [3.63, 3.8) is 0 Å². The minimum atomic E-state index is -0.317. The molecule has 2 aromatic rings. The van der Waals surface area contributed by atoms with Crippen LogP contribution in [0.2, 0.25) is 0 Å². The first-order valence-electron chi connectivity index (χ1n) is 7.86. The summed E-state index contributed by atoms with van der Waals surface area (Å²) in [6.07, 6.45) is 1.08. The van der Waals surface area contributed by atoms with Gasteiger partial charge in [0, 0.05) is 0 Å². The molecule has 2 rings (SSSR count). The van der Waals surface area contributed by atoms with Gasteiger partial charge in [0.1, 0.15) is 5.82 Å². The van der Waals surface area contributed by atoms with Gasteiger partial charge in [0.15, 0.2) is 5.11 Å². The van der Waals surface area contributed by atoms with Gasteiger partial charge < -0.3 is 10.6 Å². The molecule has 2 nitrogen and oxygen atoms in total. The fourth-order valence-electron chi connectivity index (χ4n) is 2.41. The van der Waals surface area contributed by atoms with Gasteiger partial charge >= 0.3 is 0 Å². The fourth-order valence-corrected chi connectivity index (χ4v) is 2.70. The van der Waals surface area contributed by atoms with Crippen molar-refractivity contribution < 1.29 is 4.39 Å². The molecule has 0 aliphatic rings. The minimum absolute atomic E-state index is 0.0508. The number of thiocarbonyl (C=S) groups is 1. The lowest BCUT2D eigenvalue weighted by molar-refractivity contribution is 0.631. The van der Waals surface area contributed by atoms with E-state index in [2.05, 4.69) is 48.7 Å². The van der Waals surface area contributed by atoms with E-state index in [1.54, 1.807) is 18.2 Å². The molecule has 4 heteroatoms. The molecule has 1 atom stereocenters. The maximum atomic E-state index is 13.6. The van der Waals surface area contributed by atoms with Crippen molar-refractivity contribution in [1.82, 2.24) is 5.32 Å². The Bertz CT molecular complexity index is 653. The minimum Gasteiger partial charge on any atom is -0.356 e. The van der Waals surface area contributed by atoms with Crippen LogP contribution in [-0.2, 0) is 6.42 Å². The smallest absolute Gasteiger partial charge is 0.171 e. The van der Waals surface area contributed by atoms with E-state index in [9.17, 15) is 4.39 Å². The predicted octanol–water partition coefficient (Wildman–Crippen LogP) is 5.07. The summed E-state index contributed by atoms with van der Waals surface area (Å²) in [7, 11) is 0. The first kappa shape index (κ1) is 17.4. The topological polar surface area (TPSA) is 24.1 Å². The zero-order chi connectivity index (χ0) is 16.8. The molecule has 2 N–H and O–H groups in total. The van der Waals surface area contributed by atoms with Crippen LogP contribution in [0.25, 0.3) is 0 Å². The second kappa shape index (κ2) is 8.06. The number of halogens is 1. The quantitative estimate of drug-likeness (QED) is 0.748. The number of rotatable bonds is 5. The summed E-state index contributed by atoms with van der Waals surface area (Å²) >= 11 is 5.27. The van der Waals surface area contributed by atoms with Gasteiger partial charge in [-0.05, 0) is 54.7 Å². The molecule has 0 radical (unpaired) electrons. The summed E-state index contributed by atoms with van der Waals surface area (Å²) in [5, 5.41) is 6.49. The van der Waals surface area contributed by atoms with E-state index in [4.69, 9.17) is 12.2 Å². The molecular formula is C19H23FN2S. The predicted molar refractivity (Wildman–Crippen MR) is 99.2 cm³/mol. The van der Waals surface area contributed by atoms with E-state index in [1.165, 1.54) is 11.6 Å². The average Bonchev–Trinajstić information content (AvgIpc) is 2.49. The molecule has 2 aromatic carbocycles. The third kappa shape index (κ3) is 5.32. The van der Waals surface area contributed by atoms with Gasteiger partial charge in [-0.3, -0.25) is 0 Å². The molecule has 0 aliphatic carbocycles. The van der Waals surface area contributed by atoms with Crippen LogP contribution in [-0.4, -0.2) is 5.11 Å². The maximum Gasteiger partial charge on any atom is 0.171 e. The van der Waals surface area contributed by atoms with Crippen LogP contribution in [0.5, 0.6) is 0 Å². The second-order valence-electron chi connectivity index (χ2n) is 6.14. The van der Waals surface area contributed by atoms with Crippen LogP contribution in [0.4, 0.5) is 10.1 Å². The zero-order valence-electron chi connectivity index (χ0n) is 13.8. The Hall–Kier alpha value is -1.94. The van der Waals surface area contributed by atoms with Crippen LogP contribution in [0.3, 0.4) is 0 Å². The maximum absolute atomic E-state index is 13.6. The molecule has 0 spiro atoms. The Labute approximate surface area is 143 Å². The molecule has 0 saturated heterocycles. The molecule has 0 fully saturated rings. The average molecular weight is 330 g/mol. The molecule has 0 heterocycles. The van der Waals surface area contributed by atoms with Crippen molar-refractivity contribution in [3.05, 3.63) is 65.5 Å². The van der Waals surface area contributed by atoms with Gasteiger partial charge in [-0.2, -0.15) is 0 Å². The van der Waals surface area contributed by atoms with E-state index in [1.807, 2.05) is 6.92 Å². The number of para-hydroxylation sites is 1. The Morgan fingerprint density at radius 2 is 1.70 bits per heavy atom. The summed E-state index contributed by atoms with van der Waals surface area (Å²) in [6, 6.07) is 15.1. The summed E-state index contributed by atoms with van der Waals surface area (Å²) in [6.45, 7) is 6.46. The first-order chi connectivity index (χ1) is 11.0. The summed E-state index contributed by atoms with van der Waals surface area (Å²) in [5.41, 5.74) is 2.86. The standard InChI is InChI=1S/C19H23FN2S/c1-13(2)12-15-8-10-16(11-9-15)14(3)21-19(23)22-18-7-5-4-6-17(18)20/h4-11,13-14H,12H2,1-3H3,(H2,21,22,23). The van der Waals surface area contributed by atoms with Crippen molar-refractivity contribution in [3.8, 4) is 0 Å². The van der Waals surface area contributed by atoms with Crippen molar-refractivity contribution >= 4 is 23.0 Å². The fraction of sp³-hybridized carbons (Fsp3) is 0.316. The third-order valence-electron chi connectivity index (χ3n) is 3.59. The Morgan fingerprint density at radius 1 is 1.04 bits per heavy atom. The molecule has 23 heavy (non-hydrogen) atoms. The lowest BCUT2D eigenvalue weighted by atomic mass is 10.00. The second-order valence-corrected chi connectivity index (χ2v) is 6.55. The first-order valence-corrected chi connectivity index (χ1v) is 8.27. The van der Waals surface area contributed by atoms with E-state index in [0.717, 1.165) is 12.0 Å². The van der Waals surface area contributed by atoms with Crippen LogP contribution in [0.15, 0.2) is 48.5 Å². The summed E-state index contributed by atoms with van der Waals surface area (Å²) in [5.74, 6) is 0.330. The van der Waals surface area contributed by atoms with Crippen molar-refractivity contribution in [2.24, 2.45) is 5.92 Å². The van der Waals surface area contributed by atoms with E-state index in [-0.39, 0.29) is 11.9 Å². The monoisotopic (exact) mass is 330 g/mol. The Morgan fingerprint density at radius 3 is 2.30 bits per heavy atom. The van der Waals surface area contributed by atoms with Gasteiger partial charge in [-0.15, -0.1) is 0 Å². The van der Waals surface area contributed by atoms with Crippen molar-refractivity contribution in [1.29, 1.82) is 0 Å². The highest BCUT2D eigenvalue weighted by atomic mass is 32.1. The van der Waals surface area contributed by atoms with Crippen molar-refractivity contribution in [2.75, 3.05) is 5.32 Å². The molecule has 1 unspecified atom stereocenters. The summed E-state index contributed by atoms with van der Waals surface area (Å²) in [4.78, 5) is 0. The number of nitrogens with one attached hydrogen (secondary N) is 2. The SMILES string of the molecule is CC(C)Cc1ccc(C(C)NC(=S)Nc2ccccc2F)cc1. The van der Waals surface area contributed by atoms with Crippen LogP contribution < -0.4 is 10.6 Å². The van der Waals surface area contributed by atoms with Gasteiger partial charge in [-0.25, -0.2) is 4.39 Å². The molecule has 0 saturated carbocycles. The molecular weight excluding hydrogens is 307 g/mol. The summed E-state index contributed by atoms with van der Waals surface area (Å²) < 4.78 is 13.6. The van der Waals surface area contributed by atoms with E-state index < -0.39 is 0 Å². The highest BCUT2D eigenvalue weighted by Gasteiger charge is 2.09. The lowest BCUT2D eigenvalue weighted by Gasteiger charge is -2.18. The molecule has 0 amide bonds. The largest absolute Gasteiger partial charge is 0.356 e. The highest BCUT2D eigenvalue weighted by molar-refractivity contribution is 7.80. The number of hydrogen-bond donors (Lipinski definition) is 2. The van der Waals surface area contributed by atoms with Gasteiger partial charge in [0.2, 0.25) is 0 Å². The van der Waals surface area contributed by atoms with Gasteiger partial charge in [0.05, 0.1) is 11.7 Å². The van der Waals surface area contributed by atoms with Crippen molar-refractivity contribution in [2.45, 2.75) is 33.2 Å². The van der Waals surface area contributed by atoms with Crippen LogP contribution in [0, 0.1) is 11.7 Å². The van der Waals surface area contributed by atoms with Crippen LogP contribution >= 0.6 is 12.2 Å². The highest BCUT2D eigenvalue weighted by Crippen LogP contribution is 2.17. The molecule has 0 aromatic heterocycles. The Balaban J connectivity index is 1.94. The molecule has 122 valence electrons. The van der Waals surface area contributed by atoms with E-state index in [0.29, 0.717) is 16.7 Å². The Kier molecular flexibility index (Phi) is 6.11. The van der Waals surface area contributed by atoms with Crippen LogP contribution in [0.1, 0.15) is 37.9 Å². The normalized spacial score (nSPS) is 12.0. The van der Waals surface area contributed by atoms with E-state index >= 15 is 0 Å². The molecule has 0 aliphatic heterocycles. The lowest BCUT2D eigenvalue weighted by Crippen LogP contribution is -2.31. The van der Waals surface area contributed by atoms with Gasteiger partial charge in [0.25, 0.3) is 0 Å². The third-order valence-corrected chi connectivity index (χ3v) is 3.81. The molecule has 0 bridgehead atoms. The number of anilines is 1. The zero-order valence-corrected chi connectivity index (χ0v) is 14.6. The van der Waals surface area contributed by atoms with Gasteiger partial charge in [-0.1, -0.05) is 50.2 Å². The number of benzene rings is 2.